The highest BCUT2D eigenvalue weighted by molar-refractivity contribution is 9.10. The van der Waals surface area contributed by atoms with Gasteiger partial charge in [-0.3, -0.25) is 4.90 Å². The standard InChI is InChI=1S/C17H27BrN2O2/c1-12(2)4-5-15(20-8-6-19-7-9-20)13-10-14(18)17(21)16(11-13)22-3/h10-12,15,19,21H,4-9H2,1-3H3/t15-/m0/s1. The van der Waals surface area contributed by atoms with Gasteiger partial charge in [-0.15, -0.1) is 0 Å². The number of benzene rings is 1. The van der Waals surface area contributed by atoms with E-state index >= 15 is 0 Å². The van der Waals surface area contributed by atoms with Crippen LogP contribution in [0.15, 0.2) is 16.6 Å². The van der Waals surface area contributed by atoms with Crippen molar-refractivity contribution in [3.05, 3.63) is 22.2 Å². The van der Waals surface area contributed by atoms with Gasteiger partial charge >= 0.3 is 0 Å². The van der Waals surface area contributed by atoms with Gasteiger partial charge in [0.1, 0.15) is 0 Å². The predicted molar refractivity (Wildman–Crippen MR) is 93.6 cm³/mol. The highest BCUT2D eigenvalue weighted by Gasteiger charge is 2.24. The molecule has 124 valence electrons. The van der Waals surface area contributed by atoms with Crippen molar-refractivity contribution in [3.8, 4) is 11.5 Å². The second-order valence-electron chi connectivity index (χ2n) is 6.33. The number of nitrogens with one attached hydrogen (secondary N) is 1. The van der Waals surface area contributed by atoms with Crippen molar-refractivity contribution in [3.63, 3.8) is 0 Å². The second kappa shape index (κ2) is 8.18. The third kappa shape index (κ3) is 4.37. The van der Waals surface area contributed by atoms with Crippen LogP contribution in [0.3, 0.4) is 0 Å². The van der Waals surface area contributed by atoms with Gasteiger partial charge < -0.3 is 15.2 Å². The first-order valence-corrected chi connectivity index (χ1v) is 8.83. The van der Waals surface area contributed by atoms with Crippen LogP contribution in [0, 0.1) is 5.92 Å². The normalized spacial score (nSPS) is 17.7. The molecular formula is C17H27BrN2O2. The molecule has 1 aliphatic heterocycles. The average Bonchev–Trinajstić information content (AvgIpc) is 2.51. The van der Waals surface area contributed by atoms with Gasteiger partial charge in [-0.25, -0.2) is 0 Å². The zero-order valence-electron chi connectivity index (χ0n) is 13.7. The Balaban J connectivity index is 2.28. The number of methoxy groups -OCH3 is 1. The van der Waals surface area contributed by atoms with Crippen LogP contribution < -0.4 is 10.1 Å². The largest absolute Gasteiger partial charge is 0.503 e. The number of aromatic hydroxyl groups is 1. The van der Waals surface area contributed by atoms with Crippen LogP contribution >= 0.6 is 15.9 Å². The lowest BCUT2D eigenvalue weighted by molar-refractivity contribution is 0.159. The molecule has 2 N–H and O–H groups in total. The molecule has 0 saturated carbocycles. The van der Waals surface area contributed by atoms with Gasteiger partial charge in [0.15, 0.2) is 11.5 Å². The summed E-state index contributed by atoms with van der Waals surface area (Å²) in [6.07, 6.45) is 2.31. The summed E-state index contributed by atoms with van der Waals surface area (Å²) in [6, 6.07) is 4.38. The van der Waals surface area contributed by atoms with Crippen LogP contribution in [0.1, 0.15) is 38.3 Å². The third-order valence-corrected chi connectivity index (χ3v) is 4.87. The molecule has 0 spiro atoms. The van der Waals surface area contributed by atoms with E-state index in [1.807, 2.05) is 12.1 Å². The van der Waals surface area contributed by atoms with E-state index in [-0.39, 0.29) is 5.75 Å². The summed E-state index contributed by atoms with van der Waals surface area (Å²) >= 11 is 3.45. The first-order valence-electron chi connectivity index (χ1n) is 8.04. The Bertz CT molecular complexity index is 488. The van der Waals surface area contributed by atoms with Crippen molar-refractivity contribution in [2.75, 3.05) is 33.3 Å². The van der Waals surface area contributed by atoms with Crippen LogP contribution in [0.5, 0.6) is 11.5 Å². The molecule has 0 bridgehead atoms. The number of hydrogen-bond donors (Lipinski definition) is 2. The summed E-state index contributed by atoms with van der Waals surface area (Å²) in [6.45, 7) is 8.72. The fourth-order valence-electron chi connectivity index (χ4n) is 2.99. The fraction of sp³-hybridized carbons (Fsp3) is 0.647. The molecule has 0 aliphatic carbocycles. The molecule has 22 heavy (non-hydrogen) atoms. The van der Waals surface area contributed by atoms with Gasteiger partial charge in [0.05, 0.1) is 11.6 Å². The average molecular weight is 371 g/mol. The van der Waals surface area contributed by atoms with Gasteiger partial charge in [0.2, 0.25) is 0 Å². The maximum Gasteiger partial charge on any atom is 0.172 e. The van der Waals surface area contributed by atoms with Gasteiger partial charge in [-0.05, 0) is 52.4 Å². The van der Waals surface area contributed by atoms with Crippen molar-refractivity contribution >= 4 is 15.9 Å². The molecule has 1 aromatic rings. The molecule has 5 heteroatoms. The number of nitrogens with zero attached hydrogens (tertiary/aromatic N) is 1. The van der Waals surface area contributed by atoms with Crippen LogP contribution in [-0.2, 0) is 0 Å². The lowest BCUT2D eigenvalue weighted by Crippen LogP contribution is -2.45. The highest BCUT2D eigenvalue weighted by Crippen LogP contribution is 2.39. The van der Waals surface area contributed by atoms with Gasteiger partial charge in [-0.2, -0.15) is 0 Å². The van der Waals surface area contributed by atoms with Crippen molar-refractivity contribution in [1.82, 2.24) is 10.2 Å². The first kappa shape index (κ1) is 17.6. The highest BCUT2D eigenvalue weighted by atomic mass is 79.9. The molecule has 0 unspecified atom stereocenters. The van der Waals surface area contributed by atoms with E-state index in [9.17, 15) is 5.11 Å². The van der Waals surface area contributed by atoms with Crippen LogP contribution in [0.4, 0.5) is 0 Å². The monoisotopic (exact) mass is 370 g/mol. The number of phenols is 1. The minimum absolute atomic E-state index is 0.175. The quantitative estimate of drug-likeness (QED) is 0.803. The molecule has 0 aromatic heterocycles. The number of hydrogen-bond acceptors (Lipinski definition) is 4. The Morgan fingerprint density at radius 2 is 1.95 bits per heavy atom. The Labute approximate surface area is 142 Å². The number of rotatable bonds is 6. The maximum atomic E-state index is 10.0. The number of phenolic OH excluding ortho intramolecular Hbond substituents is 1. The fourth-order valence-corrected chi connectivity index (χ4v) is 3.45. The summed E-state index contributed by atoms with van der Waals surface area (Å²) in [5.41, 5.74) is 1.21. The molecule has 1 heterocycles. The zero-order chi connectivity index (χ0) is 16.1. The van der Waals surface area contributed by atoms with E-state index in [2.05, 4.69) is 40.0 Å². The van der Waals surface area contributed by atoms with Crippen molar-refractivity contribution in [2.24, 2.45) is 5.92 Å². The molecule has 1 fully saturated rings. The van der Waals surface area contributed by atoms with E-state index in [0.29, 0.717) is 22.2 Å². The second-order valence-corrected chi connectivity index (χ2v) is 7.18. The summed E-state index contributed by atoms with van der Waals surface area (Å²) in [7, 11) is 1.60. The van der Waals surface area contributed by atoms with E-state index < -0.39 is 0 Å². The summed E-state index contributed by atoms with van der Waals surface area (Å²) < 4.78 is 6.02. The molecular weight excluding hydrogens is 344 g/mol. The zero-order valence-corrected chi connectivity index (χ0v) is 15.3. The first-order chi connectivity index (χ1) is 10.5. The summed E-state index contributed by atoms with van der Waals surface area (Å²) in [4.78, 5) is 2.54. The van der Waals surface area contributed by atoms with E-state index in [4.69, 9.17) is 4.74 Å². The molecule has 1 aliphatic rings. The van der Waals surface area contributed by atoms with Crippen LogP contribution in [0.25, 0.3) is 0 Å². The third-order valence-electron chi connectivity index (χ3n) is 4.27. The van der Waals surface area contributed by atoms with Crippen LogP contribution in [-0.4, -0.2) is 43.3 Å². The van der Waals surface area contributed by atoms with E-state index in [0.717, 1.165) is 32.6 Å². The molecule has 1 saturated heterocycles. The molecule has 0 radical (unpaired) electrons. The van der Waals surface area contributed by atoms with Gasteiger partial charge in [0.25, 0.3) is 0 Å². The minimum Gasteiger partial charge on any atom is -0.503 e. The Morgan fingerprint density at radius 3 is 2.55 bits per heavy atom. The topological polar surface area (TPSA) is 44.7 Å². The smallest absolute Gasteiger partial charge is 0.172 e. The molecule has 1 aromatic carbocycles. The number of halogens is 1. The summed E-state index contributed by atoms with van der Waals surface area (Å²) in [5, 5.41) is 13.5. The Kier molecular flexibility index (Phi) is 6.53. The lowest BCUT2D eigenvalue weighted by Gasteiger charge is -2.36. The molecule has 2 rings (SSSR count). The minimum atomic E-state index is 0.175. The summed E-state index contributed by atoms with van der Waals surface area (Å²) in [5.74, 6) is 1.40. The van der Waals surface area contributed by atoms with E-state index in [1.54, 1.807) is 7.11 Å². The molecule has 0 amide bonds. The van der Waals surface area contributed by atoms with Crippen molar-refractivity contribution in [1.29, 1.82) is 0 Å². The Morgan fingerprint density at radius 1 is 1.27 bits per heavy atom. The maximum absolute atomic E-state index is 10.0. The SMILES string of the molecule is COc1cc([C@H](CCC(C)C)N2CCNCC2)cc(Br)c1O. The number of piperazine rings is 1. The molecule has 4 nitrogen and oxygen atoms in total. The molecule has 1 atom stereocenters. The van der Waals surface area contributed by atoms with Crippen molar-refractivity contribution < 1.29 is 9.84 Å². The number of ether oxygens (including phenoxy) is 1. The predicted octanol–water partition coefficient (Wildman–Crippen LogP) is 3.55. The Hall–Kier alpha value is -0.780. The van der Waals surface area contributed by atoms with Crippen LogP contribution in [0.2, 0.25) is 0 Å². The van der Waals surface area contributed by atoms with Gasteiger partial charge in [0, 0.05) is 32.2 Å². The van der Waals surface area contributed by atoms with Gasteiger partial charge in [-0.1, -0.05) is 13.8 Å². The van der Waals surface area contributed by atoms with E-state index in [1.165, 1.54) is 12.0 Å². The lowest BCUT2D eigenvalue weighted by atomic mass is 9.95. The van der Waals surface area contributed by atoms with Crippen molar-refractivity contribution in [2.45, 2.75) is 32.7 Å².